The van der Waals surface area contributed by atoms with E-state index in [2.05, 4.69) is 27.7 Å². The lowest BCUT2D eigenvalue weighted by Crippen LogP contribution is -2.26. The molecule has 6 heteroatoms. The van der Waals surface area contributed by atoms with E-state index in [-0.39, 0.29) is 11.9 Å². The first kappa shape index (κ1) is 14.7. The van der Waals surface area contributed by atoms with Gasteiger partial charge in [0.2, 0.25) is 0 Å². The maximum atomic E-state index is 12.3. The van der Waals surface area contributed by atoms with Crippen LogP contribution in [-0.2, 0) is 13.5 Å². The molecule has 0 saturated carbocycles. The number of rotatable bonds is 3. The molecule has 1 N–H and O–H groups in total. The second kappa shape index (κ2) is 5.63. The lowest BCUT2D eigenvalue weighted by Gasteiger charge is -2.13. The Balaban J connectivity index is 1.55. The fourth-order valence-electron chi connectivity index (χ4n) is 3.21. The summed E-state index contributed by atoms with van der Waals surface area (Å²) >= 11 is 0. The SMILES string of the molecule is Cc1cc(-c2ccc3c(c2)CC[C@H]3NC(=O)c2cnn(C)c2)no1. The minimum atomic E-state index is -0.0860. The first-order valence-corrected chi connectivity index (χ1v) is 7.96. The maximum absolute atomic E-state index is 12.3. The molecular weight excluding hydrogens is 304 g/mol. The Hall–Kier alpha value is -2.89. The van der Waals surface area contributed by atoms with Gasteiger partial charge in [-0.1, -0.05) is 17.3 Å². The highest BCUT2D eigenvalue weighted by atomic mass is 16.5. The van der Waals surface area contributed by atoms with Gasteiger partial charge in [-0.3, -0.25) is 9.48 Å². The smallest absolute Gasteiger partial charge is 0.254 e. The number of hydrogen-bond acceptors (Lipinski definition) is 4. The van der Waals surface area contributed by atoms with Gasteiger partial charge in [-0.15, -0.1) is 0 Å². The van der Waals surface area contributed by atoms with Crippen molar-refractivity contribution >= 4 is 5.91 Å². The Morgan fingerprint density at radius 1 is 1.38 bits per heavy atom. The molecule has 24 heavy (non-hydrogen) atoms. The van der Waals surface area contributed by atoms with E-state index in [9.17, 15) is 4.79 Å². The summed E-state index contributed by atoms with van der Waals surface area (Å²) < 4.78 is 6.78. The lowest BCUT2D eigenvalue weighted by atomic mass is 10.0. The second-order valence-electron chi connectivity index (χ2n) is 6.20. The third kappa shape index (κ3) is 2.60. The summed E-state index contributed by atoms with van der Waals surface area (Å²) in [7, 11) is 1.80. The lowest BCUT2D eigenvalue weighted by molar-refractivity contribution is 0.0936. The molecule has 122 valence electrons. The number of aryl methyl sites for hydroxylation is 3. The molecule has 0 spiro atoms. The number of nitrogens with zero attached hydrogens (tertiary/aromatic N) is 3. The standard InChI is InChI=1S/C18H18N4O2/c1-11-7-17(21-24-11)13-3-5-15-12(8-13)4-6-16(15)20-18(23)14-9-19-22(2)10-14/h3,5,7-10,16H,4,6H2,1-2H3,(H,20,23)/t16-/m1/s1. The van der Waals surface area contributed by atoms with Gasteiger partial charge in [0.05, 0.1) is 17.8 Å². The molecule has 0 bridgehead atoms. The third-order valence-corrected chi connectivity index (χ3v) is 4.42. The molecule has 0 saturated heterocycles. The number of hydrogen-bond donors (Lipinski definition) is 1. The summed E-state index contributed by atoms with van der Waals surface area (Å²) in [5.41, 5.74) is 4.91. The number of amides is 1. The minimum absolute atomic E-state index is 0.0424. The zero-order chi connectivity index (χ0) is 16.7. The van der Waals surface area contributed by atoms with E-state index in [4.69, 9.17) is 4.52 Å². The van der Waals surface area contributed by atoms with Crippen LogP contribution in [0.25, 0.3) is 11.3 Å². The van der Waals surface area contributed by atoms with Crippen LogP contribution in [0.15, 0.2) is 41.2 Å². The number of aromatic nitrogens is 3. The van der Waals surface area contributed by atoms with Crippen molar-refractivity contribution < 1.29 is 9.32 Å². The predicted molar refractivity (Wildman–Crippen MR) is 88.4 cm³/mol. The molecule has 6 nitrogen and oxygen atoms in total. The molecular formula is C18H18N4O2. The topological polar surface area (TPSA) is 73.0 Å². The first-order valence-electron chi connectivity index (χ1n) is 7.96. The van der Waals surface area contributed by atoms with E-state index < -0.39 is 0 Å². The van der Waals surface area contributed by atoms with Crippen molar-refractivity contribution in [1.82, 2.24) is 20.3 Å². The van der Waals surface area contributed by atoms with Crippen molar-refractivity contribution in [2.24, 2.45) is 7.05 Å². The first-order chi connectivity index (χ1) is 11.6. The molecule has 3 aromatic rings. The zero-order valence-corrected chi connectivity index (χ0v) is 13.6. The molecule has 0 radical (unpaired) electrons. The van der Waals surface area contributed by atoms with Crippen molar-refractivity contribution in [2.75, 3.05) is 0 Å². The molecule has 1 atom stereocenters. The van der Waals surface area contributed by atoms with E-state index in [1.54, 1.807) is 24.1 Å². The highest BCUT2D eigenvalue weighted by Crippen LogP contribution is 2.34. The number of carbonyl (C=O) groups excluding carboxylic acids is 1. The maximum Gasteiger partial charge on any atom is 0.254 e. The van der Waals surface area contributed by atoms with Gasteiger partial charge >= 0.3 is 0 Å². The molecule has 0 aliphatic heterocycles. The van der Waals surface area contributed by atoms with Crippen LogP contribution < -0.4 is 5.32 Å². The van der Waals surface area contributed by atoms with Crippen LogP contribution >= 0.6 is 0 Å². The second-order valence-corrected chi connectivity index (χ2v) is 6.20. The van der Waals surface area contributed by atoms with Gasteiger partial charge in [-0.2, -0.15) is 5.10 Å². The molecule has 0 fully saturated rings. The van der Waals surface area contributed by atoms with Crippen LogP contribution in [0.4, 0.5) is 0 Å². The van der Waals surface area contributed by atoms with Crippen molar-refractivity contribution in [3.63, 3.8) is 0 Å². The third-order valence-electron chi connectivity index (χ3n) is 4.42. The van der Waals surface area contributed by atoms with Gasteiger partial charge in [0.15, 0.2) is 0 Å². The van der Waals surface area contributed by atoms with Crippen molar-refractivity contribution in [3.8, 4) is 11.3 Å². The fraction of sp³-hybridized carbons (Fsp3) is 0.278. The molecule has 1 aliphatic carbocycles. The van der Waals surface area contributed by atoms with E-state index in [0.29, 0.717) is 5.56 Å². The predicted octanol–water partition coefficient (Wildman–Crippen LogP) is 2.80. The molecule has 1 aromatic carbocycles. The highest BCUT2D eigenvalue weighted by molar-refractivity contribution is 5.94. The summed E-state index contributed by atoms with van der Waals surface area (Å²) in [6.45, 7) is 1.88. The Morgan fingerprint density at radius 3 is 2.96 bits per heavy atom. The van der Waals surface area contributed by atoms with Crippen molar-refractivity contribution in [1.29, 1.82) is 0 Å². The van der Waals surface area contributed by atoms with E-state index in [1.165, 1.54) is 11.1 Å². The van der Waals surface area contributed by atoms with E-state index in [1.807, 2.05) is 19.1 Å². The summed E-state index contributed by atoms with van der Waals surface area (Å²) in [5.74, 6) is 0.712. The van der Waals surface area contributed by atoms with Crippen LogP contribution in [0.1, 0.15) is 39.7 Å². The quantitative estimate of drug-likeness (QED) is 0.805. The highest BCUT2D eigenvalue weighted by Gasteiger charge is 2.25. The van der Waals surface area contributed by atoms with Crippen LogP contribution in [0.2, 0.25) is 0 Å². The number of fused-ring (bicyclic) bond motifs is 1. The minimum Gasteiger partial charge on any atom is -0.361 e. The average molecular weight is 322 g/mol. The number of nitrogens with one attached hydrogen (secondary N) is 1. The Labute approximate surface area is 139 Å². The summed E-state index contributed by atoms with van der Waals surface area (Å²) in [6.07, 6.45) is 5.16. The largest absolute Gasteiger partial charge is 0.361 e. The Bertz CT molecular complexity index is 909. The van der Waals surface area contributed by atoms with Gasteiger partial charge < -0.3 is 9.84 Å². The normalized spacial score (nSPS) is 16.2. The molecule has 1 aliphatic rings. The van der Waals surface area contributed by atoms with Gasteiger partial charge in [-0.25, -0.2) is 0 Å². The zero-order valence-electron chi connectivity index (χ0n) is 13.6. The number of carbonyl (C=O) groups is 1. The van der Waals surface area contributed by atoms with E-state index >= 15 is 0 Å². The Morgan fingerprint density at radius 2 is 2.25 bits per heavy atom. The van der Waals surface area contributed by atoms with Gasteiger partial charge in [0.1, 0.15) is 11.5 Å². The van der Waals surface area contributed by atoms with Crippen LogP contribution in [0, 0.1) is 6.92 Å². The number of benzene rings is 1. The monoisotopic (exact) mass is 322 g/mol. The summed E-state index contributed by atoms with van der Waals surface area (Å²) in [6, 6.07) is 8.22. The van der Waals surface area contributed by atoms with Gasteiger partial charge in [0, 0.05) is 24.9 Å². The summed E-state index contributed by atoms with van der Waals surface area (Å²) in [4.78, 5) is 12.3. The molecule has 2 aromatic heterocycles. The van der Waals surface area contributed by atoms with E-state index in [0.717, 1.165) is 29.9 Å². The van der Waals surface area contributed by atoms with Crippen LogP contribution in [0.5, 0.6) is 0 Å². The van der Waals surface area contributed by atoms with Crippen LogP contribution in [0.3, 0.4) is 0 Å². The van der Waals surface area contributed by atoms with Gasteiger partial charge in [-0.05, 0) is 37.0 Å². The van der Waals surface area contributed by atoms with Crippen molar-refractivity contribution in [3.05, 3.63) is 59.1 Å². The van der Waals surface area contributed by atoms with Crippen molar-refractivity contribution in [2.45, 2.75) is 25.8 Å². The van der Waals surface area contributed by atoms with Gasteiger partial charge in [0.25, 0.3) is 5.91 Å². The molecule has 1 amide bonds. The fourth-order valence-corrected chi connectivity index (χ4v) is 3.21. The molecule has 2 heterocycles. The molecule has 0 unspecified atom stereocenters. The molecule has 4 rings (SSSR count). The van der Waals surface area contributed by atoms with Crippen LogP contribution in [-0.4, -0.2) is 20.8 Å². The average Bonchev–Trinajstić information content (AvgIpc) is 3.28. The Kier molecular flexibility index (Phi) is 3.45. The summed E-state index contributed by atoms with van der Waals surface area (Å²) in [5, 5.41) is 11.2.